The molecule has 0 saturated carbocycles. The third-order valence-electron chi connectivity index (χ3n) is 2.22. The maximum atomic E-state index is 11.6. The lowest BCUT2D eigenvalue weighted by atomic mass is 10.2. The van der Waals surface area contributed by atoms with Crippen LogP contribution >= 0.6 is 33.6 Å². The number of methoxy groups -OCH3 is 1. The number of hydrogen-bond acceptors (Lipinski definition) is 5. The van der Waals surface area contributed by atoms with Gasteiger partial charge in [-0.3, -0.25) is 0 Å². The number of hydrogen-bond donors (Lipinski definition) is 0. The summed E-state index contributed by atoms with van der Waals surface area (Å²) in [5.74, 6) is -0.744. The number of halogens is 2. The minimum atomic E-state index is -4.07. The van der Waals surface area contributed by atoms with Crippen LogP contribution in [0.15, 0.2) is 23.1 Å². The summed E-state index contributed by atoms with van der Waals surface area (Å²) in [6.07, 6.45) is 0. The molecule has 1 heterocycles. The molecule has 1 aromatic heterocycles. The van der Waals surface area contributed by atoms with Crippen LogP contribution in [0.5, 0.6) is 0 Å². The molecular formula is C10H6Cl2O4S2. The Morgan fingerprint density at radius 2 is 2.06 bits per heavy atom. The van der Waals surface area contributed by atoms with Crippen LogP contribution in [0.3, 0.4) is 0 Å². The molecule has 1 aromatic carbocycles. The maximum Gasteiger partial charge on any atom is 0.349 e. The molecule has 0 aliphatic carbocycles. The summed E-state index contributed by atoms with van der Waals surface area (Å²) in [6.45, 7) is 0. The molecule has 0 amide bonds. The van der Waals surface area contributed by atoms with Crippen molar-refractivity contribution >= 4 is 58.7 Å². The Morgan fingerprint density at radius 3 is 2.61 bits per heavy atom. The van der Waals surface area contributed by atoms with E-state index in [1.54, 1.807) is 12.1 Å². The minimum absolute atomic E-state index is 0.0511. The average molecular weight is 325 g/mol. The van der Waals surface area contributed by atoms with Gasteiger partial charge in [-0.15, -0.1) is 11.3 Å². The van der Waals surface area contributed by atoms with Gasteiger partial charge < -0.3 is 4.74 Å². The first-order valence-electron chi connectivity index (χ1n) is 4.59. The van der Waals surface area contributed by atoms with Crippen molar-refractivity contribution in [2.45, 2.75) is 4.90 Å². The molecule has 0 fully saturated rings. The van der Waals surface area contributed by atoms with Gasteiger partial charge in [0.15, 0.2) is 0 Å². The van der Waals surface area contributed by atoms with Gasteiger partial charge in [-0.2, -0.15) is 0 Å². The number of carbonyl (C=O) groups is 1. The molecule has 18 heavy (non-hydrogen) atoms. The summed E-state index contributed by atoms with van der Waals surface area (Å²) in [6, 6.07) is 4.68. The number of ether oxygens (including phenoxy) is 1. The predicted molar refractivity (Wildman–Crippen MR) is 71.2 cm³/mol. The van der Waals surface area contributed by atoms with Gasteiger partial charge in [-0.25, -0.2) is 13.2 Å². The van der Waals surface area contributed by atoms with Crippen molar-refractivity contribution in [2.24, 2.45) is 0 Å². The zero-order valence-corrected chi connectivity index (χ0v) is 12.1. The summed E-state index contributed by atoms with van der Waals surface area (Å²) in [5.41, 5.74) is 0. The monoisotopic (exact) mass is 324 g/mol. The molecule has 4 nitrogen and oxygen atoms in total. The lowest BCUT2D eigenvalue weighted by Gasteiger charge is -1.99. The Kier molecular flexibility index (Phi) is 3.55. The molecule has 0 aliphatic heterocycles. The van der Waals surface area contributed by atoms with Crippen LogP contribution in [-0.2, 0) is 13.8 Å². The normalized spacial score (nSPS) is 11.7. The minimum Gasteiger partial charge on any atom is -0.465 e. The number of thiophene rings is 1. The van der Waals surface area contributed by atoms with Gasteiger partial charge in [-0.1, -0.05) is 11.6 Å². The molecular weight excluding hydrogens is 319 g/mol. The fraction of sp³-hybridized carbons (Fsp3) is 0.100. The summed E-state index contributed by atoms with van der Waals surface area (Å²) >= 11 is 6.81. The summed E-state index contributed by atoms with van der Waals surface area (Å²) in [5, 5.41) is 0.682. The lowest BCUT2D eigenvalue weighted by molar-refractivity contribution is 0.0602. The van der Waals surface area contributed by atoms with Crippen molar-refractivity contribution in [3.05, 3.63) is 28.1 Å². The van der Waals surface area contributed by atoms with Gasteiger partial charge in [0.2, 0.25) is 0 Å². The Balaban J connectivity index is 2.91. The van der Waals surface area contributed by atoms with Gasteiger partial charge in [0.05, 0.1) is 7.11 Å². The SMILES string of the molecule is COC(=O)c1sc2ccc(Cl)cc2c1S(=O)(=O)Cl. The van der Waals surface area contributed by atoms with Crippen LogP contribution < -0.4 is 0 Å². The molecule has 0 N–H and O–H groups in total. The smallest absolute Gasteiger partial charge is 0.349 e. The third kappa shape index (κ3) is 2.33. The highest BCUT2D eigenvalue weighted by molar-refractivity contribution is 8.14. The van der Waals surface area contributed by atoms with Gasteiger partial charge in [0.25, 0.3) is 9.05 Å². The lowest BCUT2D eigenvalue weighted by Crippen LogP contribution is -2.03. The molecule has 0 aliphatic rings. The van der Waals surface area contributed by atoms with E-state index in [-0.39, 0.29) is 9.77 Å². The van der Waals surface area contributed by atoms with Crippen LogP contribution in [0.4, 0.5) is 0 Å². The molecule has 0 bridgehead atoms. The predicted octanol–water partition coefficient (Wildman–Crippen LogP) is 3.27. The van der Waals surface area contributed by atoms with Crippen LogP contribution in [0.2, 0.25) is 5.02 Å². The summed E-state index contributed by atoms with van der Waals surface area (Å²) in [7, 11) is 2.47. The molecule has 0 unspecified atom stereocenters. The van der Waals surface area contributed by atoms with Crippen molar-refractivity contribution in [1.82, 2.24) is 0 Å². The zero-order chi connectivity index (χ0) is 13.5. The molecule has 8 heteroatoms. The largest absolute Gasteiger partial charge is 0.465 e. The van der Waals surface area contributed by atoms with Gasteiger partial charge in [0.1, 0.15) is 9.77 Å². The Bertz CT molecular complexity index is 734. The molecule has 0 saturated heterocycles. The van der Waals surface area contributed by atoms with E-state index in [1.165, 1.54) is 13.2 Å². The van der Waals surface area contributed by atoms with Gasteiger partial charge in [-0.05, 0) is 18.2 Å². The first-order valence-corrected chi connectivity index (χ1v) is 8.10. The van der Waals surface area contributed by atoms with Crippen molar-refractivity contribution in [3.63, 3.8) is 0 Å². The first-order chi connectivity index (χ1) is 8.34. The van der Waals surface area contributed by atoms with E-state index in [0.29, 0.717) is 15.1 Å². The number of benzene rings is 1. The Labute approximate surface area is 116 Å². The van der Waals surface area contributed by atoms with E-state index in [0.717, 1.165) is 11.3 Å². The van der Waals surface area contributed by atoms with Crippen LogP contribution in [0, 0.1) is 0 Å². The molecule has 2 rings (SSSR count). The standard InChI is InChI=1S/C10H6Cl2O4S2/c1-16-10(13)8-9(18(12,14)15)6-4-5(11)2-3-7(6)17-8/h2-4H,1H3. The van der Waals surface area contributed by atoms with Crippen LogP contribution in [-0.4, -0.2) is 21.5 Å². The van der Waals surface area contributed by atoms with Crippen molar-refractivity contribution in [1.29, 1.82) is 0 Å². The van der Waals surface area contributed by atoms with E-state index >= 15 is 0 Å². The van der Waals surface area contributed by atoms with Gasteiger partial charge in [0, 0.05) is 25.8 Å². The number of esters is 1. The second-order valence-electron chi connectivity index (χ2n) is 3.33. The summed E-state index contributed by atoms with van der Waals surface area (Å²) in [4.78, 5) is 11.3. The maximum absolute atomic E-state index is 11.6. The fourth-order valence-corrected chi connectivity index (χ4v) is 4.56. The zero-order valence-electron chi connectivity index (χ0n) is 8.94. The summed E-state index contributed by atoms with van der Waals surface area (Å²) < 4.78 is 28.3. The van der Waals surface area contributed by atoms with Crippen molar-refractivity contribution < 1.29 is 17.9 Å². The Morgan fingerprint density at radius 1 is 1.39 bits per heavy atom. The number of carbonyl (C=O) groups excluding carboxylic acids is 1. The molecule has 0 radical (unpaired) electrons. The van der Waals surface area contributed by atoms with E-state index in [2.05, 4.69) is 4.74 Å². The third-order valence-corrected chi connectivity index (χ3v) is 5.11. The van der Waals surface area contributed by atoms with Crippen LogP contribution in [0.25, 0.3) is 10.1 Å². The highest BCUT2D eigenvalue weighted by atomic mass is 35.7. The van der Waals surface area contributed by atoms with E-state index in [4.69, 9.17) is 22.3 Å². The number of fused-ring (bicyclic) bond motifs is 1. The highest BCUT2D eigenvalue weighted by Gasteiger charge is 2.27. The second-order valence-corrected chi connectivity index (χ2v) is 7.32. The molecule has 0 spiro atoms. The van der Waals surface area contributed by atoms with E-state index in [9.17, 15) is 13.2 Å². The van der Waals surface area contributed by atoms with Crippen molar-refractivity contribution in [3.8, 4) is 0 Å². The topological polar surface area (TPSA) is 60.4 Å². The van der Waals surface area contributed by atoms with Crippen molar-refractivity contribution in [2.75, 3.05) is 7.11 Å². The van der Waals surface area contributed by atoms with Gasteiger partial charge >= 0.3 is 5.97 Å². The van der Waals surface area contributed by atoms with Crippen LogP contribution in [0.1, 0.15) is 9.67 Å². The first kappa shape index (κ1) is 13.6. The fourth-order valence-electron chi connectivity index (χ4n) is 1.52. The highest BCUT2D eigenvalue weighted by Crippen LogP contribution is 2.38. The number of rotatable bonds is 2. The van der Waals surface area contributed by atoms with E-state index in [1.807, 2.05) is 0 Å². The quantitative estimate of drug-likeness (QED) is 0.628. The molecule has 96 valence electrons. The second kappa shape index (κ2) is 4.70. The molecule has 2 aromatic rings. The van der Waals surface area contributed by atoms with E-state index < -0.39 is 15.0 Å². The average Bonchev–Trinajstić information content (AvgIpc) is 2.65. The Hall–Kier alpha value is -0.820. The molecule has 0 atom stereocenters.